The van der Waals surface area contributed by atoms with Crippen LogP contribution in [-0.2, 0) is 6.61 Å². The molecule has 1 N–H and O–H groups in total. The van der Waals surface area contributed by atoms with Crippen LogP contribution in [0.5, 0.6) is 11.6 Å². The quantitative estimate of drug-likeness (QED) is 0.292. The molecule has 174 valence electrons. The third kappa shape index (κ3) is 5.06. The van der Waals surface area contributed by atoms with Gasteiger partial charge in [0.1, 0.15) is 12.4 Å². The van der Waals surface area contributed by atoms with Crippen LogP contribution in [0.15, 0.2) is 85.2 Å². The van der Waals surface area contributed by atoms with E-state index in [-0.39, 0.29) is 0 Å². The minimum absolute atomic E-state index is 0.415. The second kappa shape index (κ2) is 9.81. The zero-order chi connectivity index (χ0) is 24.2. The standard InChI is InChI=1S/C29H26N4O2/c1-19-5-4-6-24(15-19)32-29-31-17-23-16-22(9-12-26(23)33-29)27-20(2)13-14-30-28(27)35-18-21-7-10-25(34-3)11-8-21/h4-17H,18H2,1-3H3,(H,31,32,33). The number of benzene rings is 3. The summed E-state index contributed by atoms with van der Waals surface area (Å²) < 4.78 is 11.4. The van der Waals surface area contributed by atoms with Crippen LogP contribution in [0.4, 0.5) is 11.6 Å². The molecule has 2 heterocycles. The summed E-state index contributed by atoms with van der Waals surface area (Å²) in [7, 11) is 1.66. The van der Waals surface area contributed by atoms with E-state index in [1.807, 2.05) is 54.7 Å². The predicted octanol–water partition coefficient (Wildman–Crippen LogP) is 6.64. The summed E-state index contributed by atoms with van der Waals surface area (Å²) in [5.74, 6) is 1.98. The molecule has 0 amide bonds. The third-order valence-corrected chi connectivity index (χ3v) is 5.80. The summed E-state index contributed by atoms with van der Waals surface area (Å²) in [6, 6.07) is 24.1. The van der Waals surface area contributed by atoms with E-state index in [1.165, 1.54) is 5.56 Å². The van der Waals surface area contributed by atoms with Crippen LogP contribution in [0.1, 0.15) is 16.7 Å². The highest BCUT2D eigenvalue weighted by molar-refractivity contribution is 5.86. The number of pyridine rings is 1. The predicted molar refractivity (Wildman–Crippen MR) is 139 cm³/mol. The van der Waals surface area contributed by atoms with E-state index in [4.69, 9.17) is 14.5 Å². The van der Waals surface area contributed by atoms with Crippen LogP contribution in [0, 0.1) is 13.8 Å². The number of methoxy groups -OCH3 is 1. The van der Waals surface area contributed by atoms with Crippen molar-refractivity contribution >= 4 is 22.5 Å². The van der Waals surface area contributed by atoms with Crippen LogP contribution < -0.4 is 14.8 Å². The fourth-order valence-electron chi connectivity index (χ4n) is 3.97. The second-order valence-corrected chi connectivity index (χ2v) is 8.41. The lowest BCUT2D eigenvalue weighted by Crippen LogP contribution is -2.01. The Morgan fingerprint density at radius 2 is 1.74 bits per heavy atom. The molecular weight excluding hydrogens is 436 g/mol. The maximum absolute atomic E-state index is 6.15. The highest BCUT2D eigenvalue weighted by Crippen LogP contribution is 2.33. The first-order valence-electron chi connectivity index (χ1n) is 11.4. The van der Waals surface area contributed by atoms with Gasteiger partial charge in [0.2, 0.25) is 11.8 Å². The molecule has 0 spiro atoms. The molecule has 6 nitrogen and oxygen atoms in total. The van der Waals surface area contributed by atoms with Crippen LogP contribution >= 0.6 is 0 Å². The van der Waals surface area contributed by atoms with E-state index in [9.17, 15) is 0 Å². The van der Waals surface area contributed by atoms with E-state index in [1.54, 1.807) is 13.3 Å². The molecule has 0 saturated heterocycles. The second-order valence-electron chi connectivity index (χ2n) is 8.41. The lowest BCUT2D eigenvalue weighted by Gasteiger charge is -2.14. The van der Waals surface area contributed by atoms with Crippen molar-refractivity contribution in [2.24, 2.45) is 0 Å². The number of aryl methyl sites for hydroxylation is 2. The van der Waals surface area contributed by atoms with Crippen molar-refractivity contribution in [1.82, 2.24) is 15.0 Å². The van der Waals surface area contributed by atoms with Gasteiger partial charge in [-0.1, -0.05) is 30.3 Å². The summed E-state index contributed by atoms with van der Waals surface area (Å²) >= 11 is 0. The molecule has 35 heavy (non-hydrogen) atoms. The van der Waals surface area contributed by atoms with Gasteiger partial charge >= 0.3 is 0 Å². The first kappa shape index (κ1) is 22.3. The van der Waals surface area contributed by atoms with Crippen molar-refractivity contribution in [3.8, 4) is 22.8 Å². The number of hydrogen-bond acceptors (Lipinski definition) is 6. The van der Waals surface area contributed by atoms with Gasteiger partial charge in [-0.15, -0.1) is 0 Å². The van der Waals surface area contributed by atoms with Gasteiger partial charge in [-0.3, -0.25) is 0 Å². The molecule has 0 radical (unpaired) electrons. The highest BCUT2D eigenvalue weighted by Gasteiger charge is 2.13. The molecular formula is C29H26N4O2. The van der Waals surface area contributed by atoms with Gasteiger partial charge in [-0.2, -0.15) is 0 Å². The highest BCUT2D eigenvalue weighted by atomic mass is 16.5. The van der Waals surface area contributed by atoms with Crippen LogP contribution in [0.2, 0.25) is 0 Å². The summed E-state index contributed by atoms with van der Waals surface area (Å²) in [6.07, 6.45) is 3.61. The van der Waals surface area contributed by atoms with Gasteiger partial charge in [0, 0.05) is 29.0 Å². The van der Waals surface area contributed by atoms with Gasteiger partial charge < -0.3 is 14.8 Å². The molecule has 3 aromatic carbocycles. The third-order valence-electron chi connectivity index (χ3n) is 5.80. The van der Waals surface area contributed by atoms with Crippen molar-refractivity contribution in [3.63, 3.8) is 0 Å². The molecule has 0 atom stereocenters. The number of anilines is 2. The molecule has 5 rings (SSSR count). The first-order valence-corrected chi connectivity index (χ1v) is 11.4. The average molecular weight is 463 g/mol. The largest absolute Gasteiger partial charge is 0.497 e. The maximum Gasteiger partial charge on any atom is 0.227 e. The Balaban J connectivity index is 1.41. The average Bonchev–Trinajstić information content (AvgIpc) is 2.87. The van der Waals surface area contributed by atoms with Crippen molar-refractivity contribution in [1.29, 1.82) is 0 Å². The number of nitrogens with one attached hydrogen (secondary N) is 1. The smallest absolute Gasteiger partial charge is 0.227 e. The summed E-state index contributed by atoms with van der Waals surface area (Å²) in [5.41, 5.74) is 7.10. The van der Waals surface area contributed by atoms with E-state index in [0.29, 0.717) is 18.4 Å². The molecule has 0 bridgehead atoms. The lowest BCUT2D eigenvalue weighted by molar-refractivity contribution is 0.295. The van der Waals surface area contributed by atoms with E-state index in [2.05, 4.69) is 53.4 Å². The van der Waals surface area contributed by atoms with Crippen molar-refractivity contribution < 1.29 is 9.47 Å². The van der Waals surface area contributed by atoms with Crippen molar-refractivity contribution in [2.75, 3.05) is 12.4 Å². The number of fused-ring (bicyclic) bond motifs is 1. The normalized spacial score (nSPS) is 10.8. The number of hydrogen-bond donors (Lipinski definition) is 1. The lowest BCUT2D eigenvalue weighted by atomic mass is 10.0. The molecule has 0 saturated carbocycles. The molecule has 2 aromatic heterocycles. The van der Waals surface area contributed by atoms with Crippen LogP contribution in [0.25, 0.3) is 22.0 Å². The zero-order valence-electron chi connectivity index (χ0n) is 19.9. The molecule has 0 unspecified atom stereocenters. The fourth-order valence-corrected chi connectivity index (χ4v) is 3.97. The van der Waals surface area contributed by atoms with Crippen molar-refractivity contribution in [3.05, 3.63) is 102 Å². The van der Waals surface area contributed by atoms with Gasteiger partial charge in [-0.25, -0.2) is 15.0 Å². The van der Waals surface area contributed by atoms with Gasteiger partial charge in [0.15, 0.2) is 0 Å². The topological polar surface area (TPSA) is 69.2 Å². The minimum atomic E-state index is 0.415. The van der Waals surface area contributed by atoms with E-state index in [0.717, 1.165) is 44.6 Å². The Hall–Kier alpha value is -4.45. The summed E-state index contributed by atoms with van der Waals surface area (Å²) in [4.78, 5) is 13.7. The van der Waals surface area contributed by atoms with Gasteiger partial charge in [0.05, 0.1) is 12.6 Å². The number of aromatic nitrogens is 3. The molecule has 6 heteroatoms. The minimum Gasteiger partial charge on any atom is -0.497 e. The molecule has 5 aromatic rings. The SMILES string of the molecule is COc1ccc(COc2nccc(C)c2-c2ccc3nc(Nc4cccc(C)c4)ncc3c2)cc1. The van der Waals surface area contributed by atoms with E-state index < -0.39 is 0 Å². The Kier molecular flexibility index (Phi) is 6.26. The number of nitrogens with zero attached hydrogens (tertiary/aromatic N) is 3. The Labute approximate surface area is 204 Å². The number of rotatable bonds is 7. The Morgan fingerprint density at radius 3 is 2.54 bits per heavy atom. The zero-order valence-corrected chi connectivity index (χ0v) is 19.9. The Morgan fingerprint density at radius 1 is 0.886 bits per heavy atom. The molecule has 0 fully saturated rings. The van der Waals surface area contributed by atoms with Gasteiger partial charge in [-0.05, 0) is 78.6 Å². The molecule has 0 aliphatic heterocycles. The van der Waals surface area contributed by atoms with Gasteiger partial charge in [0.25, 0.3) is 0 Å². The first-order chi connectivity index (χ1) is 17.1. The van der Waals surface area contributed by atoms with E-state index >= 15 is 0 Å². The number of ether oxygens (including phenoxy) is 2. The van der Waals surface area contributed by atoms with Crippen LogP contribution in [0.3, 0.4) is 0 Å². The van der Waals surface area contributed by atoms with Crippen LogP contribution in [-0.4, -0.2) is 22.1 Å². The molecule has 0 aliphatic carbocycles. The monoisotopic (exact) mass is 462 g/mol. The molecule has 0 aliphatic rings. The fraction of sp³-hybridized carbons (Fsp3) is 0.138. The summed E-state index contributed by atoms with van der Waals surface area (Å²) in [5, 5.41) is 4.23. The summed E-state index contributed by atoms with van der Waals surface area (Å²) in [6.45, 7) is 4.54. The maximum atomic E-state index is 6.15. The Bertz CT molecular complexity index is 1480. The van der Waals surface area contributed by atoms with Crippen molar-refractivity contribution in [2.45, 2.75) is 20.5 Å².